The van der Waals surface area contributed by atoms with Crippen molar-refractivity contribution >= 4 is 21.9 Å². The van der Waals surface area contributed by atoms with Gasteiger partial charge in [-0.2, -0.15) is 8.42 Å². The molecule has 0 saturated carbocycles. The maximum atomic E-state index is 12.0. The molecule has 2 rings (SSSR count). The lowest BCUT2D eigenvalue weighted by atomic mass is 10.1. The van der Waals surface area contributed by atoms with Crippen molar-refractivity contribution in [1.29, 1.82) is 0 Å². The molecule has 0 bridgehead atoms. The molecule has 0 spiro atoms. The third-order valence-electron chi connectivity index (χ3n) is 4.20. The van der Waals surface area contributed by atoms with E-state index in [0.29, 0.717) is 13.2 Å². The van der Waals surface area contributed by atoms with E-state index in [9.17, 15) is 18.0 Å². The zero-order valence-corrected chi connectivity index (χ0v) is 19.3. The highest BCUT2D eigenvalue weighted by Crippen LogP contribution is 2.12. The van der Waals surface area contributed by atoms with E-state index in [1.807, 2.05) is 6.92 Å². The van der Waals surface area contributed by atoms with E-state index in [1.54, 1.807) is 42.5 Å². The number of carbonyl (C=O) groups excluding carboxylic acids is 2. The van der Waals surface area contributed by atoms with Crippen molar-refractivity contribution in [1.82, 2.24) is 0 Å². The summed E-state index contributed by atoms with van der Waals surface area (Å²) in [5, 5.41) is 0. The van der Waals surface area contributed by atoms with Crippen LogP contribution in [0.25, 0.3) is 0 Å². The standard InChI is InChI=1S/C23H28O9S/c1-19-7-9-21(10-8-19)33(26,27)32-18-16-30-14-12-28-11-13-29-15-17-31-23(25)22(24)20-5-3-2-4-6-20/h2-10H,11-18H2,1H3. The minimum absolute atomic E-state index is 0.0357. The number of ether oxygens (including phenoxy) is 4. The van der Waals surface area contributed by atoms with Crippen molar-refractivity contribution in [2.24, 2.45) is 0 Å². The Kier molecular flexibility index (Phi) is 11.7. The number of hydrogen-bond acceptors (Lipinski definition) is 9. The van der Waals surface area contributed by atoms with Crippen LogP contribution in [-0.2, 0) is 38.0 Å². The summed E-state index contributed by atoms with van der Waals surface area (Å²) >= 11 is 0. The Bertz CT molecular complexity index is 957. The Labute approximate surface area is 193 Å². The van der Waals surface area contributed by atoms with Crippen molar-refractivity contribution in [3.05, 3.63) is 65.7 Å². The number of benzene rings is 2. The third-order valence-corrected chi connectivity index (χ3v) is 5.53. The van der Waals surface area contributed by atoms with Crippen molar-refractivity contribution < 1.29 is 41.1 Å². The van der Waals surface area contributed by atoms with E-state index in [2.05, 4.69) is 0 Å². The van der Waals surface area contributed by atoms with Crippen molar-refractivity contribution in [3.63, 3.8) is 0 Å². The van der Waals surface area contributed by atoms with Crippen LogP contribution in [0.1, 0.15) is 15.9 Å². The average Bonchev–Trinajstić information content (AvgIpc) is 2.82. The monoisotopic (exact) mass is 480 g/mol. The lowest BCUT2D eigenvalue weighted by molar-refractivity contribution is -0.139. The Balaban J connectivity index is 1.41. The van der Waals surface area contributed by atoms with Crippen LogP contribution in [0.4, 0.5) is 0 Å². The van der Waals surface area contributed by atoms with Gasteiger partial charge in [-0.05, 0) is 19.1 Å². The molecule has 0 fully saturated rings. The van der Waals surface area contributed by atoms with Crippen molar-refractivity contribution in [2.75, 3.05) is 52.9 Å². The number of aryl methyl sites for hydroxylation is 1. The van der Waals surface area contributed by atoms with Gasteiger partial charge in [-0.1, -0.05) is 48.0 Å². The van der Waals surface area contributed by atoms with E-state index in [0.717, 1.165) is 5.56 Å². The summed E-state index contributed by atoms with van der Waals surface area (Å²) in [6.07, 6.45) is 0. The van der Waals surface area contributed by atoms with Crippen LogP contribution in [-0.4, -0.2) is 73.0 Å². The molecular weight excluding hydrogens is 452 g/mol. The van der Waals surface area contributed by atoms with E-state index < -0.39 is 21.9 Å². The number of carbonyl (C=O) groups is 2. The third kappa shape index (κ3) is 10.2. The molecule has 10 heteroatoms. The predicted octanol–water partition coefficient (Wildman–Crippen LogP) is 2.18. The minimum Gasteiger partial charge on any atom is -0.457 e. The van der Waals surface area contributed by atoms with Crippen LogP contribution < -0.4 is 0 Å². The smallest absolute Gasteiger partial charge is 0.379 e. The largest absolute Gasteiger partial charge is 0.457 e. The van der Waals surface area contributed by atoms with Gasteiger partial charge in [0.1, 0.15) is 6.61 Å². The highest BCUT2D eigenvalue weighted by Gasteiger charge is 2.17. The minimum atomic E-state index is -3.79. The first-order valence-electron chi connectivity index (χ1n) is 10.4. The van der Waals surface area contributed by atoms with Gasteiger partial charge in [0.25, 0.3) is 15.9 Å². The summed E-state index contributed by atoms with van der Waals surface area (Å²) in [5.74, 6) is -1.62. The molecule has 0 aromatic heterocycles. The first kappa shape index (κ1) is 26.6. The Morgan fingerprint density at radius 1 is 0.697 bits per heavy atom. The number of ketones is 1. The molecule has 0 aliphatic carbocycles. The van der Waals surface area contributed by atoms with Crippen LogP contribution in [0.3, 0.4) is 0 Å². The highest BCUT2D eigenvalue weighted by atomic mass is 32.2. The molecule has 0 N–H and O–H groups in total. The predicted molar refractivity (Wildman–Crippen MR) is 119 cm³/mol. The molecule has 2 aromatic rings. The summed E-state index contributed by atoms with van der Waals surface area (Å²) in [4.78, 5) is 23.6. The summed E-state index contributed by atoms with van der Waals surface area (Å²) in [6, 6.07) is 14.6. The SMILES string of the molecule is Cc1ccc(S(=O)(=O)OCCOCCOCCOCCOC(=O)C(=O)c2ccccc2)cc1. The van der Waals surface area contributed by atoms with E-state index in [1.165, 1.54) is 12.1 Å². The number of Topliss-reactive ketones (excluding diaryl/α,β-unsaturated/α-hetero) is 1. The molecule has 180 valence electrons. The second kappa shape index (κ2) is 14.5. The average molecular weight is 481 g/mol. The first-order chi connectivity index (χ1) is 15.9. The van der Waals surface area contributed by atoms with Gasteiger partial charge in [0.15, 0.2) is 0 Å². The van der Waals surface area contributed by atoms with Crippen LogP contribution in [0.15, 0.2) is 59.5 Å². The number of esters is 1. The molecule has 0 unspecified atom stereocenters. The van der Waals surface area contributed by atoms with Gasteiger partial charge >= 0.3 is 5.97 Å². The maximum absolute atomic E-state index is 12.0. The molecule has 33 heavy (non-hydrogen) atoms. The summed E-state index contributed by atoms with van der Waals surface area (Å²) in [6.45, 7) is 3.14. The fraction of sp³-hybridized carbons (Fsp3) is 0.391. The Morgan fingerprint density at radius 2 is 1.21 bits per heavy atom. The zero-order valence-electron chi connectivity index (χ0n) is 18.4. The topological polar surface area (TPSA) is 114 Å². The summed E-state index contributed by atoms with van der Waals surface area (Å²) < 4.78 is 49.6. The molecule has 0 atom stereocenters. The van der Waals surface area contributed by atoms with E-state index >= 15 is 0 Å². The fourth-order valence-corrected chi connectivity index (χ4v) is 3.38. The van der Waals surface area contributed by atoms with Gasteiger partial charge in [-0.3, -0.25) is 8.98 Å². The van der Waals surface area contributed by atoms with Gasteiger partial charge in [0.05, 0.1) is 51.1 Å². The number of rotatable bonds is 16. The molecule has 0 aliphatic rings. The fourth-order valence-electron chi connectivity index (χ4n) is 2.48. The summed E-state index contributed by atoms with van der Waals surface area (Å²) in [7, 11) is -3.79. The Morgan fingerprint density at radius 3 is 1.79 bits per heavy atom. The van der Waals surface area contributed by atoms with Crippen LogP contribution in [0.2, 0.25) is 0 Å². The van der Waals surface area contributed by atoms with Crippen LogP contribution in [0, 0.1) is 6.92 Å². The number of hydrogen-bond donors (Lipinski definition) is 0. The lowest BCUT2D eigenvalue weighted by Gasteiger charge is -2.08. The molecule has 2 aromatic carbocycles. The van der Waals surface area contributed by atoms with E-state index in [4.69, 9.17) is 23.1 Å². The lowest BCUT2D eigenvalue weighted by Crippen LogP contribution is -2.20. The van der Waals surface area contributed by atoms with Crippen molar-refractivity contribution in [3.8, 4) is 0 Å². The molecule has 9 nitrogen and oxygen atoms in total. The molecule has 0 saturated heterocycles. The molecule has 0 radical (unpaired) electrons. The highest BCUT2D eigenvalue weighted by molar-refractivity contribution is 7.86. The zero-order chi connectivity index (χ0) is 23.9. The normalized spacial score (nSPS) is 11.3. The van der Waals surface area contributed by atoms with Gasteiger partial charge in [0.2, 0.25) is 0 Å². The second-order valence-electron chi connectivity index (χ2n) is 6.76. The Hall–Kier alpha value is -2.63. The second-order valence-corrected chi connectivity index (χ2v) is 8.37. The van der Waals surface area contributed by atoms with Crippen LogP contribution in [0.5, 0.6) is 0 Å². The molecule has 0 heterocycles. The first-order valence-corrected chi connectivity index (χ1v) is 11.8. The molecular formula is C23H28O9S. The molecule has 0 aliphatic heterocycles. The summed E-state index contributed by atoms with van der Waals surface area (Å²) in [5.41, 5.74) is 1.24. The van der Waals surface area contributed by atoms with Gasteiger partial charge in [-0.25, -0.2) is 4.79 Å². The van der Waals surface area contributed by atoms with Gasteiger partial charge < -0.3 is 18.9 Å². The van der Waals surface area contributed by atoms with E-state index in [-0.39, 0.29) is 50.1 Å². The molecule has 0 amide bonds. The maximum Gasteiger partial charge on any atom is 0.379 e. The quantitative estimate of drug-likeness (QED) is 0.117. The van der Waals surface area contributed by atoms with Crippen LogP contribution >= 0.6 is 0 Å². The van der Waals surface area contributed by atoms with Crippen molar-refractivity contribution in [2.45, 2.75) is 11.8 Å². The van der Waals surface area contributed by atoms with Gasteiger partial charge in [-0.15, -0.1) is 0 Å². The van der Waals surface area contributed by atoms with Gasteiger partial charge in [0, 0.05) is 5.56 Å².